The standard InChI is InChI=1S/C4H9ClS/c1-4(3-5)6-2/h4H,3H2,1-2H3. The van der Waals surface area contributed by atoms with Gasteiger partial charge in [0.1, 0.15) is 0 Å². The molecule has 2 heteroatoms. The summed E-state index contributed by atoms with van der Waals surface area (Å²) in [4.78, 5) is 0. The fourth-order valence-electron chi connectivity index (χ4n) is 0.0630. The SMILES string of the molecule is CSC(C)CCl. The minimum Gasteiger partial charge on any atom is -0.161 e. The van der Waals surface area contributed by atoms with Crippen LogP contribution in [0.4, 0.5) is 0 Å². The Morgan fingerprint density at radius 2 is 2.33 bits per heavy atom. The van der Waals surface area contributed by atoms with Gasteiger partial charge in [-0.05, 0) is 6.26 Å². The summed E-state index contributed by atoms with van der Waals surface area (Å²) in [6, 6.07) is 0. The van der Waals surface area contributed by atoms with Gasteiger partial charge in [-0.25, -0.2) is 0 Å². The van der Waals surface area contributed by atoms with E-state index >= 15 is 0 Å². The second-order valence-electron chi connectivity index (χ2n) is 1.20. The molecule has 0 heterocycles. The predicted octanol–water partition coefficient (Wildman–Crippen LogP) is 1.98. The van der Waals surface area contributed by atoms with Crippen LogP contribution in [0.2, 0.25) is 0 Å². The molecule has 0 aliphatic carbocycles. The Hall–Kier alpha value is 0.640. The smallest absolute Gasteiger partial charge is 0.0339 e. The van der Waals surface area contributed by atoms with Gasteiger partial charge in [0.05, 0.1) is 0 Å². The third-order valence-corrected chi connectivity index (χ3v) is 2.24. The Morgan fingerprint density at radius 3 is 2.33 bits per heavy atom. The summed E-state index contributed by atoms with van der Waals surface area (Å²) in [6.07, 6.45) is 2.06. The summed E-state index contributed by atoms with van der Waals surface area (Å²) in [7, 11) is 0. The lowest BCUT2D eigenvalue weighted by molar-refractivity contribution is 1.13. The highest BCUT2D eigenvalue weighted by Crippen LogP contribution is 2.04. The highest BCUT2D eigenvalue weighted by molar-refractivity contribution is 7.99. The molecule has 0 bridgehead atoms. The molecular formula is C4H9ClS. The second kappa shape index (κ2) is 3.82. The maximum atomic E-state index is 5.43. The average molecular weight is 125 g/mol. The monoisotopic (exact) mass is 124 g/mol. The molecular weight excluding hydrogens is 116 g/mol. The summed E-state index contributed by atoms with van der Waals surface area (Å²) in [5, 5.41) is 0.617. The van der Waals surface area contributed by atoms with E-state index in [1.807, 2.05) is 0 Å². The van der Waals surface area contributed by atoms with Crippen molar-refractivity contribution in [1.29, 1.82) is 0 Å². The van der Waals surface area contributed by atoms with Gasteiger partial charge in [-0.2, -0.15) is 11.8 Å². The van der Waals surface area contributed by atoms with Crippen molar-refractivity contribution in [2.24, 2.45) is 0 Å². The van der Waals surface area contributed by atoms with Crippen LogP contribution in [0, 0.1) is 0 Å². The number of hydrogen-bond acceptors (Lipinski definition) is 1. The van der Waals surface area contributed by atoms with E-state index in [1.54, 1.807) is 11.8 Å². The molecule has 0 radical (unpaired) electrons. The van der Waals surface area contributed by atoms with Crippen LogP contribution in [-0.4, -0.2) is 17.4 Å². The summed E-state index contributed by atoms with van der Waals surface area (Å²) >= 11 is 7.22. The number of rotatable bonds is 2. The van der Waals surface area contributed by atoms with Crippen molar-refractivity contribution in [2.75, 3.05) is 12.1 Å². The maximum Gasteiger partial charge on any atom is 0.0339 e. The van der Waals surface area contributed by atoms with Crippen molar-refractivity contribution >= 4 is 23.4 Å². The molecule has 0 rings (SSSR count). The van der Waals surface area contributed by atoms with E-state index in [0.29, 0.717) is 5.25 Å². The molecule has 0 aromatic rings. The molecule has 0 saturated heterocycles. The van der Waals surface area contributed by atoms with Gasteiger partial charge >= 0.3 is 0 Å². The molecule has 0 N–H and O–H groups in total. The summed E-state index contributed by atoms with van der Waals surface area (Å²) in [5.74, 6) is 0.765. The number of halogens is 1. The molecule has 0 amide bonds. The molecule has 1 atom stereocenters. The van der Waals surface area contributed by atoms with E-state index in [1.165, 1.54) is 0 Å². The molecule has 38 valence electrons. The predicted molar refractivity (Wildman–Crippen MR) is 33.7 cm³/mol. The van der Waals surface area contributed by atoms with Crippen LogP contribution >= 0.6 is 23.4 Å². The third-order valence-electron chi connectivity index (χ3n) is 0.620. The highest BCUT2D eigenvalue weighted by atomic mass is 35.5. The number of alkyl halides is 1. The first-order valence-electron chi connectivity index (χ1n) is 1.90. The van der Waals surface area contributed by atoms with Crippen LogP contribution in [0.1, 0.15) is 6.92 Å². The van der Waals surface area contributed by atoms with Gasteiger partial charge in [-0.1, -0.05) is 6.92 Å². The van der Waals surface area contributed by atoms with Gasteiger partial charge in [0.25, 0.3) is 0 Å². The van der Waals surface area contributed by atoms with Crippen LogP contribution in [0.5, 0.6) is 0 Å². The van der Waals surface area contributed by atoms with E-state index in [4.69, 9.17) is 11.6 Å². The molecule has 0 saturated carbocycles. The zero-order valence-corrected chi connectivity index (χ0v) is 5.64. The molecule has 0 fully saturated rings. The lowest BCUT2D eigenvalue weighted by Gasteiger charge is -1.97. The lowest BCUT2D eigenvalue weighted by Crippen LogP contribution is -1.93. The van der Waals surface area contributed by atoms with Crippen molar-refractivity contribution in [3.8, 4) is 0 Å². The maximum absolute atomic E-state index is 5.43. The first-order valence-corrected chi connectivity index (χ1v) is 3.72. The van der Waals surface area contributed by atoms with E-state index < -0.39 is 0 Å². The van der Waals surface area contributed by atoms with Crippen LogP contribution in [-0.2, 0) is 0 Å². The Labute approximate surface area is 48.3 Å². The highest BCUT2D eigenvalue weighted by Gasteiger charge is 1.90. The van der Waals surface area contributed by atoms with Crippen molar-refractivity contribution in [3.05, 3.63) is 0 Å². The topological polar surface area (TPSA) is 0 Å². The Bertz CT molecular complexity index is 26.7. The van der Waals surface area contributed by atoms with E-state index in [-0.39, 0.29) is 0 Å². The van der Waals surface area contributed by atoms with Crippen molar-refractivity contribution in [2.45, 2.75) is 12.2 Å². The third kappa shape index (κ3) is 2.86. The van der Waals surface area contributed by atoms with Crippen molar-refractivity contribution < 1.29 is 0 Å². The minimum atomic E-state index is 0.617. The largest absolute Gasteiger partial charge is 0.161 e. The molecule has 0 aliphatic rings. The Balaban J connectivity index is 2.75. The molecule has 0 aliphatic heterocycles. The number of hydrogen-bond donors (Lipinski definition) is 0. The van der Waals surface area contributed by atoms with Gasteiger partial charge in [0, 0.05) is 11.1 Å². The molecule has 0 aromatic heterocycles. The molecule has 6 heavy (non-hydrogen) atoms. The Kier molecular flexibility index (Phi) is 4.22. The summed E-state index contributed by atoms with van der Waals surface area (Å²) in [5.41, 5.74) is 0. The average Bonchev–Trinajstić information content (AvgIpc) is 1.65. The lowest BCUT2D eigenvalue weighted by atomic mass is 10.6. The quantitative estimate of drug-likeness (QED) is 0.508. The molecule has 1 unspecified atom stereocenters. The van der Waals surface area contributed by atoms with E-state index in [9.17, 15) is 0 Å². The van der Waals surface area contributed by atoms with Crippen LogP contribution in [0.15, 0.2) is 0 Å². The fourth-order valence-corrected chi connectivity index (χ4v) is 0.567. The summed E-state index contributed by atoms with van der Waals surface area (Å²) in [6.45, 7) is 2.11. The normalized spacial score (nSPS) is 14.5. The van der Waals surface area contributed by atoms with E-state index in [2.05, 4.69) is 13.2 Å². The fraction of sp³-hybridized carbons (Fsp3) is 1.00. The van der Waals surface area contributed by atoms with Gasteiger partial charge in [-0.15, -0.1) is 11.6 Å². The molecule has 0 aromatic carbocycles. The van der Waals surface area contributed by atoms with Gasteiger partial charge in [0.2, 0.25) is 0 Å². The Morgan fingerprint density at radius 1 is 1.83 bits per heavy atom. The van der Waals surface area contributed by atoms with Crippen LogP contribution < -0.4 is 0 Å². The minimum absolute atomic E-state index is 0.617. The van der Waals surface area contributed by atoms with Crippen molar-refractivity contribution in [3.63, 3.8) is 0 Å². The van der Waals surface area contributed by atoms with Gasteiger partial charge < -0.3 is 0 Å². The molecule has 0 nitrogen and oxygen atoms in total. The first kappa shape index (κ1) is 6.64. The van der Waals surface area contributed by atoms with Crippen molar-refractivity contribution in [1.82, 2.24) is 0 Å². The second-order valence-corrected chi connectivity index (χ2v) is 2.79. The number of thioether (sulfide) groups is 1. The van der Waals surface area contributed by atoms with Gasteiger partial charge in [0.15, 0.2) is 0 Å². The zero-order chi connectivity index (χ0) is 4.99. The van der Waals surface area contributed by atoms with E-state index in [0.717, 1.165) is 5.88 Å². The van der Waals surface area contributed by atoms with Crippen LogP contribution in [0.25, 0.3) is 0 Å². The van der Waals surface area contributed by atoms with Crippen LogP contribution in [0.3, 0.4) is 0 Å². The van der Waals surface area contributed by atoms with Gasteiger partial charge in [-0.3, -0.25) is 0 Å². The first-order chi connectivity index (χ1) is 2.81. The molecule has 0 spiro atoms. The summed E-state index contributed by atoms with van der Waals surface area (Å²) < 4.78 is 0. The zero-order valence-electron chi connectivity index (χ0n) is 4.07.